The van der Waals surface area contributed by atoms with Gasteiger partial charge in [0.15, 0.2) is 0 Å². The zero-order valence-electron chi connectivity index (χ0n) is 26.6. The van der Waals surface area contributed by atoms with Crippen LogP contribution in [0.2, 0.25) is 0 Å². The van der Waals surface area contributed by atoms with Crippen molar-refractivity contribution < 1.29 is 21.7 Å². The second kappa shape index (κ2) is 18.7. The van der Waals surface area contributed by atoms with Gasteiger partial charge in [0.1, 0.15) is 0 Å². The van der Waals surface area contributed by atoms with Gasteiger partial charge in [-0.2, -0.15) is 34.4 Å². The van der Waals surface area contributed by atoms with Gasteiger partial charge >= 0.3 is 21.7 Å². The van der Waals surface area contributed by atoms with Gasteiger partial charge in [0.05, 0.1) is 0 Å². The molecule has 1 atom stereocenters. The summed E-state index contributed by atoms with van der Waals surface area (Å²) >= 11 is 0. The Hall–Kier alpha value is -2.70. The smallest absolute Gasteiger partial charge is 0.673 e. The van der Waals surface area contributed by atoms with Crippen LogP contribution in [0.1, 0.15) is 93.3 Å². The van der Waals surface area contributed by atoms with Crippen molar-refractivity contribution in [2.24, 2.45) is 0 Å². The molecule has 0 bridgehead atoms. The number of hydrogen-bond acceptors (Lipinski definition) is 1. The molecule has 41 heavy (non-hydrogen) atoms. The van der Waals surface area contributed by atoms with Crippen LogP contribution in [0.3, 0.4) is 0 Å². The minimum absolute atomic E-state index is 0. The number of benzene rings is 2. The van der Waals surface area contributed by atoms with E-state index in [-0.39, 0.29) is 27.8 Å². The predicted molar refractivity (Wildman–Crippen MR) is 173 cm³/mol. The predicted octanol–water partition coefficient (Wildman–Crippen LogP) is 10.1. The Bertz CT molecular complexity index is 1240. The Balaban J connectivity index is 0.00000111. The molecule has 0 amide bonds. The van der Waals surface area contributed by atoms with Crippen LogP contribution in [0.15, 0.2) is 79.0 Å². The van der Waals surface area contributed by atoms with Crippen LogP contribution in [0, 0.1) is 0 Å². The summed E-state index contributed by atoms with van der Waals surface area (Å²) in [6.07, 6.45) is 1.81. The van der Waals surface area contributed by atoms with Crippen molar-refractivity contribution in [1.82, 2.24) is 9.97 Å². The van der Waals surface area contributed by atoms with Crippen LogP contribution < -0.4 is 4.98 Å². The van der Waals surface area contributed by atoms with Gasteiger partial charge in [-0.25, -0.2) is 0 Å². The summed E-state index contributed by atoms with van der Waals surface area (Å²) in [7, 11) is 7.00. The van der Waals surface area contributed by atoms with Gasteiger partial charge in [-0.3, -0.25) is 4.98 Å². The molecule has 0 aliphatic rings. The minimum atomic E-state index is -0.203. The van der Waals surface area contributed by atoms with E-state index in [1.54, 1.807) is 28.2 Å². The third kappa shape index (κ3) is 10.3. The molecule has 0 fully saturated rings. The quantitative estimate of drug-likeness (QED) is 0.193. The molecule has 0 N–H and O–H groups in total. The molecule has 0 saturated carbocycles. The average Bonchev–Trinajstić information content (AvgIpc) is 3.48. The molecule has 2 aromatic heterocycles. The van der Waals surface area contributed by atoms with Crippen LogP contribution in [-0.4, -0.2) is 33.2 Å². The van der Waals surface area contributed by atoms with Gasteiger partial charge in [0, 0.05) is 11.4 Å². The largest absolute Gasteiger partial charge is 4.00 e. The first kappa shape index (κ1) is 36.3. The maximum absolute atomic E-state index is 5.52. The van der Waals surface area contributed by atoms with Crippen molar-refractivity contribution in [2.45, 2.75) is 65.3 Å². The van der Waals surface area contributed by atoms with Crippen LogP contribution in [-0.2, 0) is 21.7 Å². The summed E-state index contributed by atoms with van der Waals surface area (Å²) in [6.45, 7) is 13.5. The van der Waals surface area contributed by atoms with Crippen molar-refractivity contribution >= 4 is 5.69 Å². The monoisotopic (exact) mass is 585 g/mol. The summed E-state index contributed by atoms with van der Waals surface area (Å²) in [6, 6.07) is 25.2. The SMILES string of the molecule is CC(C)c1ccccc1[C@H]([N-]c1c(C(C)C)cccc1C(C)C)c1cccc(-c2ccc[n-]2)n1.C[N-]C.C[N-]C.[Ti+4]. The molecule has 5 nitrogen and oxygen atoms in total. The minimum Gasteiger partial charge on any atom is -0.673 e. The maximum Gasteiger partial charge on any atom is 4.00 e. The third-order valence-electron chi connectivity index (χ3n) is 6.38. The number of aromatic nitrogens is 2. The summed E-state index contributed by atoms with van der Waals surface area (Å²) in [5.74, 6) is 1.15. The first-order valence-electron chi connectivity index (χ1n) is 14.1. The van der Waals surface area contributed by atoms with E-state index in [1.807, 2.05) is 24.4 Å². The Morgan fingerprint density at radius 1 is 0.585 bits per heavy atom. The second-order valence-electron chi connectivity index (χ2n) is 10.8. The molecule has 2 aromatic carbocycles. The molecule has 6 heteroatoms. The van der Waals surface area contributed by atoms with Crippen molar-refractivity contribution in [3.05, 3.63) is 123 Å². The molecule has 0 radical (unpaired) electrons. The number of nitrogens with zero attached hydrogens (tertiary/aromatic N) is 5. The van der Waals surface area contributed by atoms with Crippen molar-refractivity contribution in [3.63, 3.8) is 0 Å². The molecular weight excluding hydrogens is 538 g/mol. The fourth-order valence-corrected chi connectivity index (χ4v) is 4.57. The third-order valence-corrected chi connectivity index (χ3v) is 6.38. The van der Waals surface area contributed by atoms with Crippen LogP contribution in [0.4, 0.5) is 5.69 Å². The second-order valence-corrected chi connectivity index (χ2v) is 10.8. The maximum atomic E-state index is 5.52. The Labute approximate surface area is 264 Å². The van der Waals surface area contributed by atoms with Gasteiger partial charge in [-0.05, 0) is 41.5 Å². The number of hydrogen-bond donors (Lipinski definition) is 0. The van der Waals surface area contributed by atoms with Crippen LogP contribution >= 0.6 is 0 Å². The molecular formula is C35H47N5Ti. The molecule has 0 spiro atoms. The molecule has 0 unspecified atom stereocenters. The van der Waals surface area contributed by atoms with E-state index in [0.717, 1.165) is 22.8 Å². The topological polar surface area (TPSA) is 69.3 Å². The van der Waals surface area contributed by atoms with E-state index < -0.39 is 0 Å². The number of pyridine rings is 1. The summed E-state index contributed by atoms with van der Waals surface area (Å²) in [5.41, 5.74) is 8.92. The fraction of sp³-hybridized carbons (Fsp3) is 0.400. The average molecular weight is 586 g/mol. The van der Waals surface area contributed by atoms with Crippen LogP contribution in [0.5, 0.6) is 0 Å². The number of rotatable bonds is 8. The summed E-state index contributed by atoms with van der Waals surface area (Å²) < 4.78 is 0. The van der Waals surface area contributed by atoms with Gasteiger partial charge in [-0.15, -0.1) is 11.4 Å². The van der Waals surface area contributed by atoms with E-state index >= 15 is 0 Å². The van der Waals surface area contributed by atoms with Crippen molar-refractivity contribution in [2.75, 3.05) is 28.2 Å². The molecule has 4 aromatic rings. The summed E-state index contributed by atoms with van der Waals surface area (Å²) in [4.78, 5) is 9.55. The molecule has 2 heterocycles. The first-order valence-corrected chi connectivity index (χ1v) is 14.1. The van der Waals surface area contributed by atoms with Gasteiger partial charge in [-0.1, -0.05) is 119 Å². The van der Waals surface area contributed by atoms with E-state index in [0.29, 0.717) is 17.8 Å². The first-order chi connectivity index (χ1) is 19.2. The Morgan fingerprint density at radius 2 is 1.07 bits per heavy atom. The van der Waals surface area contributed by atoms with E-state index in [1.165, 1.54) is 22.3 Å². The van der Waals surface area contributed by atoms with Crippen LogP contribution in [0.25, 0.3) is 27.3 Å². The molecule has 0 saturated heterocycles. The van der Waals surface area contributed by atoms with E-state index in [2.05, 4.69) is 112 Å². The number of para-hydroxylation sites is 1. The van der Waals surface area contributed by atoms with Gasteiger partial charge in [0.25, 0.3) is 0 Å². The molecule has 0 aliphatic carbocycles. The zero-order chi connectivity index (χ0) is 29.7. The standard InChI is InChI=1S/C31H35N3.2C2H6N.Ti/c1-20(2)23-12-7-8-13-26(23)31(29-17-10-16-28(33-29)27-18-11-19-32-27)34-30-24(21(3)4)14-9-15-25(30)22(5)6;2*1-3-2;/h7-22,31H,1-6H3;2*1-2H3;/q-2;2*-1;+4/t31-;;;/m0.../s1. The van der Waals surface area contributed by atoms with Crippen molar-refractivity contribution in [3.8, 4) is 11.4 Å². The molecule has 0 aliphatic heterocycles. The van der Waals surface area contributed by atoms with Gasteiger partial charge < -0.3 is 20.9 Å². The van der Waals surface area contributed by atoms with Gasteiger partial charge in [0.2, 0.25) is 0 Å². The molecule has 4 rings (SSSR count). The summed E-state index contributed by atoms with van der Waals surface area (Å²) in [5, 5.41) is 12.5. The molecule has 216 valence electrons. The van der Waals surface area contributed by atoms with E-state index in [4.69, 9.17) is 10.3 Å². The fourth-order valence-electron chi connectivity index (χ4n) is 4.57. The van der Waals surface area contributed by atoms with E-state index in [9.17, 15) is 0 Å². The normalized spacial score (nSPS) is 11.2. The zero-order valence-corrected chi connectivity index (χ0v) is 28.1. The Kier molecular flexibility index (Phi) is 16.6. The Morgan fingerprint density at radius 3 is 1.56 bits per heavy atom. The van der Waals surface area contributed by atoms with Crippen molar-refractivity contribution in [1.29, 1.82) is 0 Å².